The summed E-state index contributed by atoms with van der Waals surface area (Å²) in [6.07, 6.45) is 6.25. The summed E-state index contributed by atoms with van der Waals surface area (Å²) in [4.78, 5) is 16.7. The molecule has 2 nitrogen and oxygen atoms in total. The first-order valence-electron chi connectivity index (χ1n) is 7.02. The SMILES string of the molecule is O=C1CC(c2ccccn2)CCC1=Cc1ccccc1. The van der Waals surface area contributed by atoms with Gasteiger partial charge in [0.05, 0.1) is 0 Å². The number of aromatic nitrogens is 1. The maximum Gasteiger partial charge on any atom is 0.159 e. The molecule has 0 saturated heterocycles. The molecule has 0 bridgehead atoms. The topological polar surface area (TPSA) is 30.0 Å². The predicted molar refractivity (Wildman–Crippen MR) is 80.3 cm³/mol. The van der Waals surface area contributed by atoms with Crippen molar-refractivity contribution in [3.05, 3.63) is 71.6 Å². The van der Waals surface area contributed by atoms with Gasteiger partial charge in [-0.2, -0.15) is 0 Å². The van der Waals surface area contributed by atoms with Gasteiger partial charge in [-0.25, -0.2) is 0 Å². The van der Waals surface area contributed by atoms with Crippen LogP contribution in [0.3, 0.4) is 0 Å². The van der Waals surface area contributed by atoms with Crippen LogP contribution in [0.2, 0.25) is 0 Å². The van der Waals surface area contributed by atoms with E-state index >= 15 is 0 Å². The van der Waals surface area contributed by atoms with E-state index < -0.39 is 0 Å². The van der Waals surface area contributed by atoms with Gasteiger partial charge in [0.15, 0.2) is 5.78 Å². The van der Waals surface area contributed by atoms with E-state index in [-0.39, 0.29) is 11.7 Å². The molecule has 1 aliphatic carbocycles. The van der Waals surface area contributed by atoms with E-state index in [1.54, 1.807) is 6.20 Å². The number of ketones is 1. The number of Topliss-reactive ketones (excluding diaryl/α,β-unsaturated/α-hetero) is 1. The van der Waals surface area contributed by atoms with Gasteiger partial charge < -0.3 is 0 Å². The number of carbonyl (C=O) groups excluding carboxylic acids is 1. The molecule has 2 heteroatoms. The summed E-state index contributed by atoms with van der Waals surface area (Å²) in [6.45, 7) is 0. The fraction of sp³-hybridized carbons (Fsp3) is 0.222. The number of nitrogens with zero attached hydrogens (tertiary/aromatic N) is 1. The fourth-order valence-corrected chi connectivity index (χ4v) is 2.70. The number of carbonyl (C=O) groups is 1. The molecule has 3 rings (SSSR count). The Bertz CT molecular complexity index is 616. The Morgan fingerprint density at radius 3 is 2.55 bits per heavy atom. The molecular formula is C18H17NO. The first-order chi connectivity index (χ1) is 9.83. The van der Waals surface area contributed by atoms with E-state index in [0.717, 1.165) is 29.7 Å². The smallest absolute Gasteiger partial charge is 0.159 e. The van der Waals surface area contributed by atoms with Gasteiger partial charge in [-0.1, -0.05) is 36.4 Å². The monoisotopic (exact) mass is 263 g/mol. The molecule has 20 heavy (non-hydrogen) atoms. The summed E-state index contributed by atoms with van der Waals surface area (Å²) in [5, 5.41) is 0. The van der Waals surface area contributed by atoms with Gasteiger partial charge in [-0.05, 0) is 42.2 Å². The second kappa shape index (κ2) is 5.83. The van der Waals surface area contributed by atoms with Crippen molar-refractivity contribution in [3.63, 3.8) is 0 Å². The van der Waals surface area contributed by atoms with Crippen molar-refractivity contribution in [3.8, 4) is 0 Å². The number of pyridine rings is 1. The van der Waals surface area contributed by atoms with E-state index in [9.17, 15) is 4.79 Å². The molecule has 2 aromatic rings. The molecule has 1 unspecified atom stereocenters. The normalized spacial score (nSPS) is 21.1. The van der Waals surface area contributed by atoms with Crippen LogP contribution < -0.4 is 0 Å². The first-order valence-corrected chi connectivity index (χ1v) is 7.02. The maximum atomic E-state index is 12.3. The van der Waals surface area contributed by atoms with Gasteiger partial charge in [-0.15, -0.1) is 0 Å². The van der Waals surface area contributed by atoms with Crippen LogP contribution in [-0.2, 0) is 4.79 Å². The second-order valence-corrected chi connectivity index (χ2v) is 5.20. The Morgan fingerprint density at radius 1 is 1.05 bits per heavy atom. The predicted octanol–water partition coefficient (Wildman–Crippen LogP) is 4.00. The van der Waals surface area contributed by atoms with Crippen LogP contribution in [0.5, 0.6) is 0 Å². The third-order valence-corrected chi connectivity index (χ3v) is 3.80. The maximum absolute atomic E-state index is 12.3. The van der Waals surface area contributed by atoms with Gasteiger partial charge in [0.1, 0.15) is 0 Å². The number of hydrogen-bond acceptors (Lipinski definition) is 2. The molecule has 1 atom stereocenters. The van der Waals surface area contributed by atoms with Crippen LogP contribution in [0.25, 0.3) is 6.08 Å². The highest BCUT2D eigenvalue weighted by Crippen LogP contribution is 2.33. The Morgan fingerprint density at radius 2 is 1.85 bits per heavy atom. The van der Waals surface area contributed by atoms with Crippen LogP contribution in [0, 0.1) is 0 Å². The van der Waals surface area contributed by atoms with Crippen molar-refractivity contribution >= 4 is 11.9 Å². The van der Waals surface area contributed by atoms with Gasteiger partial charge >= 0.3 is 0 Å². The van der Waals surface area contributed by atoms with E-state index in [0.29, 0.717) is 6.42 Å². The minimum Gasteiger partial charge on any atom is -0.295 e. The van der Waals surface area contributed by atoms with Crippen LogP contribution >= 0.6 is 0 Å². The Balaban J connectivity index is 1.75. The lowest BCUT2D eigenvalue weighted by atomic mass is 9.82. The molecule has 0 amide bonds. The highest BCUT2D eigenvalue weighted by Gasteiger charge is 2.25. The highest BCUT2D eigenvalue weighted by molar-refractivity contribution is 6.00. The molecule has 1 heterocycles. The zero-order chi connectivity index (χ0) is 13.8. The lowest BCUT2D eigenvalue weighted by Gasteiger charge is -2.22. The molecule has 0 spiro atoms. The summed E-state index contributed by atoms with van der Waals surface area (Å²) < 4.78 is 0. The van der Waals surface area contributed by atoms with Crippen molar-refractivity contribution in [1.82, 2.24) is 4.98 Å². The summed E-state index contributed by atoms with van der Waals surface area (Å²) in [5.74, 6) is 0.535. The van der Waals surface area contributed by atoms with Crippen LogP contribution in [0.15, 0.2) is 60.3 Å². The Kier molecular flexibility index (Phi) is 3.73. The zero-order valence-electron chi connectivity index (χ0n) is 11.3. The molecule has 0 radical (unpaired) electrons. The highest BCUT2D eigenvalue weighted by atomic mass is 16.1. The van der Waals surface area contributed by atoms with E-state index in [2.05, 4.69) is 4.98 Å². The van der Waals surface area contributed by atoms with Gasteiger partial charge in [0.2, 0.25) is 0 Å². The van der Waals surface area contributed by atoms with E-state index in [1.807, 2.05) is 54.6 Å². The first kappa shape index (κ1) is 12.8. The molecule has 1 aromatic carbocycles. The van der Waals surface area contributed by atoms with Crippen molar-refractivity contribution in [2.24, 2.45) is 0 Å². The average molecular weight is 263 g/mol. The van der Waals surface area contributed by atoms with Crippen molar-refractivity contribution in [2.75, 3.05) is 0 Å². The minimum atomic E-state index is 0.260. The molecule has 1 aromatic heterocycles. The van der Waals surface area contributed by atoms with E-state index in [4.69, 9.17) is 0 Å². The lowest BCUT2D eigenvalue weighted by molar-refractivity contribution is -0.116. The molecular weight excluding hydrogens is 246 g/mol. The van der Waals surface area contributed by atoms with Crippen LogP contribution in [-0.4, -0.2) is 10.8 Å². The molecule has 0 aliphatic heterocycles. The molecule has 1 saturated carbocycles. The summed E-state index contributed by atoms with van der Waals surface area (Å²) in [7, 11) is 0. The summed E-state index contributed by atoms with van der Waals surface area (Å²) >= 11 is 0. The molecule has 1 fully saturated rings. The zero-order valence-corrected chi connectivity index (χ0v) is 11.3. The van der Waals surface area contributed by atoms with Crippen molar-refractivity contribution in [1.29, 1.82) is 0 Å². The standard InChI is InChI=1S/C18H17NO/c20-18-13-15(17-8-4-5-11-19-17)9-10-16(18)12-14-6-2-1-3-7-14/h1-8,11-12,15H,9-10,13H2. The number of benzene rings is 1. The number of hydrogen-bond donors (Lipinski definition) is 0. The molecule has 1 aliphatic rings. The van der Waals surface area contributed by atoms with Gasteiger partial charge in [0.25, 0.3) is 0 Å². The quantitative estimate of drug-likeness (QED) is 0.766. The molecule has 100 valence electrons. The summed E-state index contributed by atoms with van der Waals surface area (Å²) in [6, 6.07) is 16.0. The fourth-order valence-electron chi connectivity index (χ4n) is 2.70. The third kappa shape index (κ3) is 2.85. The second-order valence-electron chi connectivity index (χ2n) is 5.20. The van der Waals surface area contributed by atoms with Crippen LogP contribution in [0.1, 0.15) is 36.4 Å². The van der Waals surface area contributed by atoms with Gasteiger partial charge in [-0.3, -0.25) is 9.78 Å². The third-order valence-electron chi connectivity index (χ3n) is 3.80. The Hall–Kier alpha value is -2.22. The molecule has 0 N–H and O–H groups in total. The largest absolute Gasteiger partial charge is 0.295 e. The average Bonchev–Trinajstić information content (AvgIpc) is 2.51. The van der Waals surface area contributed by atoms with Crippen LogP contribution in [0.4, 0.5) is 0 Å². The van der Waals surface area contributed by atoms with Gasteiger partial charge in [0, 0.05) is 24.2 Å². The lowest BCUT2D eigenvalue weighted by Crippen LogP contribution is -2.17. The van der Waals surface area contributed by atoms with Crippen molar-refractivity contribution in [2.45, 2.75) is 25.2 Å². The number of rotatable bonds is 2. The number of allylic oxidation sites excluding steroid dienone is 1. The van der Waals surface area contributed by atoms with Crippen molar-refractivity contribution < 1.29 is 4.79 Å². The minimum absolute atomic E-state index is 0.260. The Labute approximate surface area is 119 Å². The summed E-state index contributed by atoms with van der Waals surface area (Å²) in [5.41, 5.74) is 3.09. The van der Waals surface area contributed by atoms with E-state index in [1.165, 1.54) is 0 Å².